The molecule has 0 amide bonds. The van der Waals surface area contributed by atoms with Crippen molar-refractivity contribution in [2.75, 3.05) is 0 Å². The quantitative estimate of drug-likeness (QED) is 0.538. The van der Waals surface area contributed by atoms with E-state index in [0.29, 0.717) is 0 Å². The summed E-state index contributed by atoms with van der Waals surface area (Å²) < 4.78 is 5.85. The molecule has 0 aromatic heterocycles. The van der Waals surface area contributed by atoms with Crippen molar-refractivity contribution in [1.29, 1.82) is 0 Å². The van der Waals surface area contributed by atoms with Crippen molar-refractivity contribution in [3.8, 4) is 0 Å². The van der Waals surface area contributed by atoms with Crippen LogP contribution in [0.1, 0.15) is 73.1 Å². The zero-order valence-electron chi connectivity index (χ0n) is 12.6. The fraction of sp³-hybridized carbons (Fsp3) is 0.812. The van der Waals surface area contributed by atoms with Crippen LogP contribution in [0.3, 0.4) is 0 Å². The maximum Gasteiger partial charge on any atom is 0.303 e. The second kappa shape index (κ2) is 5.90. The van der Waals surface area contributed by atoms with E-state index in [0.717, 1.165) is 38.5 Å². The van der Waals surface area contributed by atoms with Gasteiger partial charge >= 0.3 is 5.97 Å². The Labute approximate surface area is 112 Å². The van der Waals surface area contributed by atoms with E-state index in [2.05, 4.69) is 33.8 Å². The van der Waals surface area contributed by atoms with Gasteiger partial charge in [-0.15, -0.1) is 0 Å². The summed E-state index contributed by atoms with van der Waals surface area (Å²) in [6.45, 7) is 10.4. The van der Waals surface area contributed by atoms with Gasteiger partial charge in [0.15, 0.2) is 0 Å². The van der Waals surface area contributed by atoms with E-state index in [1.165, 1.54) is 12.5 Å². The van der Waals surface area contributed by atoms with Crippen LogP contribution in [0.5, 0.6) is 0 Å². The zero-order chi connectivity index (χ0) is 13.8. The first-order valence-electron chi connectivity index (χ1n) is 7.18. The SMILES string of the molecule is CCCCC1(OC(C)=O)CCC(C)=CCC1(C)C. The van der Waals surface area contributed by atoms with Crippen LogP contribution in [0.2, 0.25) is 0 Å². The molecule has 1 atom stereocenters. The minimum Gasteiger partial charge on any atom is -0.459 e. The lowest BCUT2D eigenvalue weighted by molar-refractivity contribution is -0.175. The lowest BCUT2D eigenvalue weighted by Gasteiger charge is -2.45. The van der Waals surface area contributed by atoms with Crippen molar-refractivity contribution < 1.29 is 9.53 Å². The fourth-order valence-electron chi connectivity index (χ4n) is 2.90. The van der Waals surface area contributed by atoms with Gasteiger partial charge < -0.3 is 4.74 Å². The molecular weight excluding hydrogens is 224 g/mol. The summed E-state index contributed by atoms with van der Waals surface area (Å²) in [7, 11) is 0. The third kappa shape index (κ3) is 3.37. The highest BCUT2D eigenvalue weighted by molar-refractivity contribution is 5.66. The Kier molecular flexibility index (Phi) is 5.01. The third-order valence-corrected chi connectivity index (χ3v) is 4.39. The molecule has 2 nitrogen and oxygen atoms in total. The predicted molar refractivity (Wildman–Crippen MR) is 75.4 cm³/mol. The van der Waals surface area contributed by atoms with Crippen LogP contribution in [0.15, 0.2) is 11.6 Å². The Hall–Kier alpha value is -0.790. The normalized spacial score (nSPS) is 27.3. The summed E-state index contributed by atoms with van der Waals surface area (Å²) in [5.74, 6) is -0.140. The lowest BCUT2D eigenvalue weighted by Crippen LogP contribution is -2.47. The topological polar surface area (TPSA) is 26.3 Å². The van der Waals surface area contributed by atoms with Gasteiger partial charge in [0.25, 0.3) is 0 Å². The van der Waals surface area contributed by atoms with Crippen molar-refractivity contribution in [2.24, 2.45) is 5.41 Å². The third-order valence-electron chi connectivity index (χ3n) is 4.39. The number of hydrogen-bond donors (Lipinski definition) is 0. The Morgan fingerprint density at radius 2 is 2.11 bits per heavy atom. The summed E-state index contributed by atoms with van der Waals surface area (Å²) in [6.07, 6.45) is 8.56. The highest BCUT2D eigenvalue weighted by Gasteiger charge is 2.47. The Morgan fingerprint density at radius 3 is 2.67 bits per heavy atom. The number of hydrogen-bond acceptors (Lipinski definition) is 2. The van der Waals surface area contributed by atoms with Gasteiger partial charge in [0.1, 0.15) is 5.60 Å². The maximum atomic E-state index is 11.5. The van der Waals surface area contributed by atoms with Gasteiger partial charge in [-0.25, -0.2) is 0 Å². The molecule has 1 unspecified atom stereocenters. The van der Waals surface area contributed by atoms with Crippen LogP contribution in [0.4, 0.5) is 0 Å². The molecule has 104 valence electrons. The van der Waals surface area contributed by atoms with E-state index in [1.54, 1.807) is 0 Å². The van der Waals surface area contributed by atoms with Crippen LogP contribution >= 0.6 is 0 Å². The zero-order valence-corrected chi connectivity index (χ0v) is 12.6. The molecule has 0 aliphatic heterocycles. The molecule has 1 aliphatic carbocycles. The molecule has 0 aromatic rings. The number of carbonyl (C=O) groups excluding carboxylic acids is 1. The predicted octanol–water partition coefficient (Wildman–Crippen LogP) is 4.63. The van der Waals surface area contributed by atoms with Crippen molar-refractivity contribution in [1.82, 2.24) is 0 Å². The van der Waals surface area contributed by atoms with Crippen molar-refractivity contribution in [2.45, 2.75) is 78.7 Å². The first-order valence-corrected chi connectivity index (χ1v) is 7.18. The number of unbranched alkanes of at least 4 members (excludes halogenated alkanes) is 1. The first kappa shape index (κ1) is 15.3. The molecular formula is C16H28O2. The van der Waals surface area contributed by atoms with Gasteiger partial charge in [-0.05, 0) is 39.0 Å². The van der Waals surface area contributed by atoms with Crippen molar-refractivity contribution in [3.63, 3.8) is 0 Å². The van der Waals surface area contributed by atoms with E-state index in [4.69, 9.17) is 4.74 Å². The molecule has 0 fully saturated rings. The van der Waals surface area contributed by atoms with E-state index >= 15 is 0 Å². The van der Waals surface area contributed by atoms with Gasteiger partial charge in [-0.1, -0.05) is 38.8 Å². The van der Waals surface area contributed by atoms with Gasteiger partial charge in [-0.3, -0.25) is 4.79 Å². The van der Waals surface area contributed by atoms with Gasteiger partial charge in [-0.2, -0.15) is 0 Å². The van der Waals surface area contributed by atoms with Crippen LogP contribution in [0.25, 0.3) is 0 Å². The Bertz CT molecular complexity index is 328. The molecule has 0 aromatic carbocycles. The molecule has 0 saturated carbocycles. The van der Waals surface area contributed by atoms with Crippen molar-refractivity contribution >= 4 is 5.97 Å². The highest BCUT2D eigenvalue weighted by atomic mass is 16.6. The summed E-state index contributed by atoms with van der Waals surface area (Å²) in [5, 5.41) is 0. The molecule has 0 bridgehead atoms. The molecule has 0 N–H and O–H groups in total. The average Bonchev–Trinajstić information content (AvgIpc) is 2.38. The highest BCUT2D eigenvalue weighted by Crippen LogP contribution is 2.47. The van der Waals surface area contributed by atoms with Crippen molar-refractivity contribution in [3.05, 3.63) is 11.6 Å². The van der Waals surface area contributed by atoms with Gasteiger partial charge in [0, 0.05) is 12.3 Å². The van der Waals surface area contributed by atoms with Crippen LogP contribution in [0, 0.1) is 5.41 Å². The van der Waals surface area contributed by atoms with E-state index in [-0.39, 0.29) is 17.0 Å². The fourth-order valence-corrected chi connectivity index (χ4v) is 2.90. The monoisotopic (exact) mass is 252 g/mol. The lowest BCUT2D eigenvalue weighted by atomic mass is 9.68. The number of esters is 1. The van der Waals surface area contributed by atoms with E-state index in [1.807, 2.05) is 0 Å². The van der Waals surface area contributed by atoms with Crippen LogP contribution < -0.4 is 0 Å². The summed E-state index contributed by atoms with van der Waals surface area (Å²) >= 11 is 0. The number of carbonyl (C=O) groups is 1. The largest absolute Gasteiger partial charge is 0.459 e. The molecule has 0 heterocycles. The van der Waals surface area contributed by atoms with Gasteiger partial charge in [0.05, 0.1) is 0 Å². The molecule has 18 heavy (non-hydrogen) atoms. The Morgan fingerprint density at radius 1 is 1.44 bits per heavy atom. The second-order valence-electron chi connectivity index (χ2n) is 6.33. The minimum atomic E-state index is -0.289. The van der Waals surface area contributed by atoms with Crippen LogP contribution in [-0.4, -0.2) is 11.6 Å². The van der Waals surface area contributed by atoms with Gasteiger partial charge in [0.2, 0.25) is 0 Å². The minimum absolute atomic E-state index is 0.0194. The summed E-state index contributed by atoms with van der Waals surface area (Å²) in [4.78, 5) is 11.5. The number of rotatable bonds is 4. The van der Waals surface area contributed by atoms with E-state index < -0.39 is 0 Å². The standard InChI is InChI=1S/C16H28O2/c1-6-7-10-16(18-14(3)17)12-9-13(2)8-11-15(16,4)5/h8H,6-7,9-12H2,1-5H3. The number of allylic oxidation sites excluding steroid dienone is 2. The Balaban J connectivity index is 3.01. The molecule has 0 saturated heterocycles. The first-order chi connectivity index (χ1) is 8.33. The average molecular weight is 252 g/mol. The molecule has 1 aliphatic rings. The second-order valence-corrected chi connectivity index (χ2v) is 6.33. The van der Waals surface area contributed by atoms with E-state index in [9.17, 15) is 4.79 Å². The molecule has 0 radical (unpaired) electrons. The summed E-state index contributed by atoms with van der Waals surface area (Å²) in [5.41, 5.74) is 1.16. The maximum absolute atomic E-state index is 11.5. The molecule has 1 rings (SSSR count). The molecule has 0 spiro atoms. The molecule has 2 heteroatoms. The van der Waals surface area contributed by atoms with Crippen LogP contribution in [-0.2, 0) is 9.53 Å². The number of ether oxygens (including phenoxy) is 1. The smallest absolute Gasteiger partial charge is 0.303 e. The summed E-state index contributed by atoms with van der Waals surface area (Å²) in [6, 6.07) is 0.